The SMILES string of the molecule is CNc1cc(F)c(F)c2c1Cc1ncc(-c3cnc4c(c3)c(=O)c(C(=O)O)cn4C)c(N3CC4(CC4)C[C@H]3CN(C)C)c1-2. The van der Waals surface area contributed by atoms with E-state index < -0.39 is 23.0 Å². The third-order valence-electron chi connectivity index (χ3n) is 9.31. The summed E-state index contributed by atoms with van der Waals surface area (Å²) in [5.41, 5.74) is 4.08. The lowest BCUT2D eigenvalue weighted by Gasteiger charge is -2.32. The number of fused-ring (bicyclic) bond motifs is 4. The number of aromatic carboxylic acids is 1. The number of carboxylic acid groups (broad SMARTS) is 1. The van der Waals surface area contributed by atoms with Crippen molar-refractivity contribution in [2.45, 2.75) is 31.7 Å². The molecule has 1 saturated heterocycles. The van der Waals surface area contributed by atoms with Crippen molar-refractivity contribution < 1.29 is 18.7 Å². The summed E-state index contributed by atoms with van der Waals surface area (Å²) in [6.07, 6.45) is 8.20. The molecule has 11 heteroatoms. The molecule has 0 amide bonds. The Morgan fingerprint density at radius 3 is 2.63 bits per heavy atom. The lowest BCUT2D eigenvalue weighted by atomic mass is 9.96. The zero-order valence-electron chi connectivity index (χ0n) is 24.5. The van der Waals surface area contributed by atoms with Crippen LogP contribution in [0.1, 0.15) is 40.9 Å². The van der Waals surface area contributed by atoms with Gasteiger partial charge in [-0.05, 0) is 50.4 Å². The van der Waals surface area contributed by atoms with Crippen molar-refractivity contribution in [3.8, 4) is 22.3 Å². The summed E-state index contributed by atoms with van der Waals surface area (Å²) in [5, 5.41) is 12.8. The van der Waals surface area contributed by atoms with Gasteiger partial charge in [-0.1, -0.05) is 0 Å². The molecular weight excluding hydrogens is 554 g/mol. The van der Waals surface area contributed by atoms with Crippen molar-refractivity contribution in [2.75, 3.05) is 44.4 Å². The van der Waals surface area contributed by atoms with E-state index in [0.29, 0.717) is 45.7 Å². The van der Waals surface area contributed by atoms with E-state index in [4.69, 9.17) is 4.98 Å². The molecule has 2 N–H and O–H groups in total. The number of nitrogens with zero attached hydrogens (tertiary/aromatic N) is 5. The summed E-state index contributed by atoms with van der Waals surface area (Å²) in [6, 6.07) is 2.95. The summed E-state index contributed by atoms with van der Waals surface area (Å²) in [6.45, 7) is 1.54. The summed E-state index contributed by atoms with van der Waals surface area (Å²) < 4.78 is 32.4. The number of benzene rings is 1. The molecule has 1 atom stereocenters. The highest BCUT2D eigenvalue weighted by molar-refractivity contribution is 5.99. The summed E-state index contributed by atoms with van der Waals surface area (Å²) >= 11 is 0. The maximum Gasteiger partial charge on any atom is 0.341 e. The number of hydrogen-bond acceptors (Lipinski definition) is 7. The van der Waals surface area contributed by atoms with Crippen LogP contribution in [0.25, 0.3) is 33.3 Å². The number of carboxylic acids is 1. The van der Waals surface area contributed by atoms with Crippen LogP contribution < -0.4 is 15.6 Å². The number of pyridine rings is 3. The molecule has 2 fully saturated rings. The number of carbonyl (C=O) groups is 1. The fourth-order valence-electron chi connectivity index (χ4n) is 7.16. The lowest BCUT2D eigenvalue weighted by molar-refractivity contribution is 0.0695. The second kappa shape index (κ2) is 9.57. The summed E-state index contributed by atoms with van der Waals surface area (Å²) in [4.78, 5) is 38.9. The normalized spacial score (nSPS) is 18.0. The first-order chi connectivity index (χ1) is 20.5. The zero-order valence-corrected chi connectivity index (χ0v) is 24.5. The first-order valence-corrected chi connectivity index (χ1v) is 14.4. The van der Waals surface area contributed by atoms with Gasteiger partial charge in [0.05, 0.1) is 16.8 Å². The van der Waals surface area contributed by atoms with Crippen molar-refractivity contribution in [3.63, 3.8) is 0 Å². The van der Waals surface area contributed by atoms with Gasteiger partial charge >= 0.3 is 5.97 Å². The third-order valence-corrected chi connectivity index (χ3v) is 9.31. The van der Waals surface area contributed by atoms with Crippen LogP contribution >= 0.6 is 0 Å². The van der Waals surface area contributed by atoms with Gasteiger partial charge in [0.1, 0.15) is 11.2 Å². The second-order valence-corrected chi connectivity index (χ2v) is 12.5. The molecule has 3 aromatic heterocycles. The predicted octanol–water partition coefficient (Wildman–Crippen LogP) is 4.51. The number of anilines is 2. The van der Waals surface area contributed by atoms with Crippen molar-refractivity contribution in [2.24, 2.45) is 12.5 Å². The van der Waals surface area contributed by atoms with E-state index in [2.05, 4.69) is 20.1 Å². The van der Waals surface area contributed by atoms with Crippen LogP contribution in [-0.4, -0.2) is 70.8 Å². The molecule has 0 bridgehead atoms. The minimum absolute atomic E-state index is 0.118. The van der Waals surface area contributed by atoms with E-state index in [1.165, 1.54) is 16.8 Å². The van der Waals surface area contributed by atoms with E-state index in [-0.39, 0.29) is 28.0 Å². The largest absolute Gasteiger partial charge is 0.477 e. The Morgan fingerprint density at radius 2 is 1.95 bits per heavy atom. The van der Waals surface area contributed by atoms with Crippen LogP contribution in [0, 0.1) is 17.0 Å². The van der Waals surface area contributed by atoms with Crippen LogP contribution in [0.4, 0.5) is 20.2 Å². The fraction of sp³-hybridized carbons (Fsp3) is 0.375. The number of aryl methyl sites for hydroxylation is 1. The highest BCUT2D eigenvalue weighted by Gasteiger charge is 2.53. The Morgan fingerprint density at radius 1 is 1.19 bits per heavy atom. The van der Waals surface area contributed by atoms with E-state index in [1.807, 2.05) is 14.1 Å². The Labute approximate surface area is 246 Å². The lowest BCUT2D eigenvalue weighted by Crippen LogP contribution is -2.38. The van der Waals surface area contributed by atoms with Gasteiger partial charge < -0.3 is 24.8 Å². The predicted molar refractivity (Wildman–Crippen MR) is 161 cm³/mol. The monoisotopic (exact) mass is 586 g/mol. The Balaban J connectivity index is 1.53. The molecule has 2 aliphatic carbocycles. The van der Waals surface area contributed by atoms with E-state index in [9.17, 15) is 14.7 Å². The molecule has 4 heterocycles. The Hall–Kier alpha value is -4.38. The average Bonchev–Trinajstić information content (AvgIpc) is 3.47. The van der Waals surface area contributed by atoms with Crippen LogP contribution in [0.3, 0.4) is 0 Å². The second-order valence-electron chi connectivity index (χ2n) is 12.5. The first-order valence-electron chi connectivity index (χ1n) is 14.4. The number of nitrogens with one attached hydrogen (secondary N) is 1. The van der Waals surface area contributed by atoms with Gasteiger partial charge in [0.25, 0.3) is 0 Å². The Bertz CT molecular complexity index is 1920. The molecule has 3 aliphatic rings. The number of halogens is 2. The van der Waals surface area contributed by atoms with Crippen LogP contribution in [0.15, 0.2) is 35.5 Å². The van der Waals surface area contributed by atoms with Gasteiger partial charge in [-0.3, -0.25) is 9.78 Å². The van der Waals surface area contributed by atoms with Crippen LogP contribution in [-0.2, 0) is 13.5 Å². The molecule has 1 saturated carbocycles. The third kappa shape index (κ3) is 4.20. The molecular formula is C32H32F2N6O3. The molecule has 1 aliphatic heterocycles. The zero-order chi connectivity index (χ0) is 30.4. The van der Waals surface area contributed by atoms with Gasteiger partial charge in [-0.15, -0.1) is 0 Å². The highest BCUT2D eigenvalue weighted by Crippen LogP contribution is 2.59. The van der Waals surface area contributed by atoms with E-state index >= 15 is 8.78 Å². The first kappa shape index (κ1) is 27.5. The smallest absolute Gasteiger partial charge is 0.341 e. The van der Waals surface area contributed by atoms with Gasteiger partial charge in [-0.25, -0.2) is 18.6 Å². The molecule has 222 valence electrons. The quantitative estimate of drug-likeness (QED) is 0.300. The molecule has 1 spiro atoms. The molecule has 0 unspecified atom stereocenters. The van der Waals surface area contributed by atoms with E-state index in [1.54, 1.807) is 32.6 Å². The minimum Gasteiger partial charge on any atom is -0.477 e. The van der Waals surface area contributed by atoms with Crippen molar-refractivity contribution in [1.29, 1.82) is 0 Å². The topological polar surface area (TPSA) is 104 Å². The van der Waals surface area contributed by atoms with Crippen molar-refractivity contribution in [3.05, 3.63) is 69.4 Å². The highest BCUT2D eigenvalue weighted by atomic mass is 19.2. The maximum atomic E-state index is 15.8. The number of rotatable bonds is 6. The number of hydrogen-bond donors (Lipinski definition) is 2. The van der Waals surface area contributed by atoms with Crippen molar-refractivity contribution in [1.82, 2.24) is 19.4 Å². The summed E-state index contributed by atoms with van der Waals surface area (Å²) in [7, 11) is 7.38. The van der Waals surface area contributed by atoms with Crippen LogP contribution in [0.2, 0.25) is 0 Å². The standard InChI is InChI=1S/C32H32F2N6O3/c1-35-23-9-22(33)27(34)25-18(23)8-24-26(25)28(40-15-32(5-6-32)10-17(40)13-38(2)3)20(12-36-24)16-7-19-29(41)21(31(42)43)14-39(4)30(19)37-11-16/h7,9,11-12,14,17,35H,5-6,8,10,13,15H2,1-4H3,(H,42,43)/t17-/m0/s1. The summed E-state index contributed by atoms with van der Waals surface area (Å²) in [5.74, 6) is -3.16. The molecule has 9 nitrogen and oxygen atoms in total. The number of likely N-dealkylation sites (N-methyl/N-ethyl adjacent to an activating group) is 1. The van der Waals surface area contributed by atoms with Gasteiger partial charge in [0.15, 0.2) is 11.6 Å². The molecule has 4 aromatic rings. The van der Waals surface area contributed by atoms with Crippen molar-refractivity contribution >= 4 is 28.4 Å². The maximum absolute atomic E-state index is 15.8. The molecule has 0 radical (unpaired) electrons. The van der Waals surface area contributed by atoms with Gasteiger partial charge in [-0.2, -0.15) is 0 Å². The Kier molecular flexibility index (Phi) is 6.11. The molecule has 43 heavy (non-hydrogen) atoms. The van der Waals surface area contributed by atoms with Gasteiger partial charge in [0, 0.05) is 92.2 Å². The average molecular weight is 587 g/mol. The minimum atomic E-state index is -1.32. The number of aromatic nitrogens is 3. The van der Waals surface area contributed by atoms with Crippen LogP contribution in [0.5, 0.6) is 0 Å². The van der Waals surface area contributed by atoms with E-state index in [0.717, 1.165) is 38.0 Å². The molecule has 7 rings (SSSR count). The molecule has 1 aromatic carbocycles. The fourth-order valence-corrected chi connectivity index (χ4v) is 7.16. The van der Waals surface area contributed by atoms with Gasteiger partial charge in [0.2, 0.25) is 5.43 Å².